The summed E-state index contributed by atoms with van der Waals surface area (Å²) in [5.41, 5.74) is 0.460. The number of hydrogen-bond donors (Lipinski definition) is 2. The van der Waals surface area contributed by atoms with E-state index in [9.17, 15) is 22.4 Å². The molecule has 0 aromatic heterocycles. The Balaban J connectivity index is 1.87. The molecule has 9 heteroatoms. The molecule has 2 rings (SSSR count). The molecule has 2 atom stereocenters. The molecule has 0 saturated carbocycles. The minimum absolute atomic E-state index is 0.0934. The highest BCUT2D eigenvalue weighted by Gasteiger charge is 2.29. The molecule has 2 N–H and O–H groups in total. The first kappa shape index (κ1) is 25.0. The highest BCUT2D eigenvalue weighted by Crippen LogP contribution is 2.25. The van der Waals surface area contributed by atoms with Crippen LogP contribution in [0.2, 0.25) is 0 Å². The molecule has 0 bridgehead atoms. The summed E-state index contributed by atoms with van der Waals surface area (Å²) in [5.74, 6) is -1.48. The van der Waals surface area contributed by atoms with Crippen LogP contribution in [0, 0.1) is 17.2 Å². The summed E-state index contributed by atoms with van der Waals surface area (Å²) < 4.78 is 46.9. The molecule has 2 amide bonds. The number of hydrogen-bond acceptors (Lipinski definition) is 5. The summed E-state index contributed by atoms with van der Waals surface area (Å²) in [5, 5.41) is 2.24. The Morgan fingerprint density at radius 1 is 1.29 bits per heavy atom. The van der Waals surface area contributed by atoms with Crippen molar-refractivity contribution < 1.29 is 27.1 Å². The molecule has 1 aromatic rings. The van der Waals surface area contributed by atoms with E-state index in [1.165, 1.54) is 18.2 Å². The zero-order valence-electron chi connectivity index (χ0n) is 18.4. The number of amides is 2. The van der Waals surface area contributed by atoms with Gasteiger partial charge in [0.05, 0.1) is 18.3 Å². The zero-order valence-corrected chi connectivity index (χ0v) is 19.2. The lowest BCUT2D eigenvalue weighted by molar-refractivity contribution is -0.125. The Morgan fingerprint density at radius 3 is 2.61 bits per heavy atom. The Kier molecular flexibility index (Phi) is 8.36. The molecule has 0 aliphatic carbocycles. The number of halogens is 1. The quantitative estimate of drug-likeness (QED) is 0.418. The van der Waals surface area contributed by atoms with E-state index in [0.29, 0.717) is 18.6 Å². The van der Waals surface area contributed by atoms with Crippen LogP contribution < -0.4 is 14.8 Å². The third-order valence-corrected chi connectivity index (χ3v) is 6.16. The van der Waals surface area contributed by atoms with Gasteiger partial charge in [-0.15, -0.1) is 0 Å². The molecule has 1 aliphatic rings. The van der Waals surface area contributed by atoms with Crippen molar-refractivity contribution in [2.24, 2.45) is 11.3 Å². The van der Waals surface area contributed by atoms with E-state index in [0.717, 1.165) is 0 Å². The lowest BCUT2D eigenvalue weighted by atomic mass is 9.98. The number of carbonyl (C=O) groups is 2. The number of rotatable bonds is 10. The summed E-state index contributed by atoms with van der Waals surface area (Å²) >= 11 is 0. The monoisotopic (exact) mass is 454 g/mol. The van der Waals surface area contributed by atoms with Crippen LogP contribution in [0.5, 0.6) is 5.75 Å². The van der Waals surface area contributed by atoms with Gasteiger partial charge >= 0.3 is 0 Å². The number of sulfonamides is 1. The molecule has 172 valence electrons. The Bertz CT molecular complexity index is 938. The Morgan fingerprint density at radius 2 is 2.00 bits per heavy atom. The third-order valence-electron chi connectivity index (χ3n) is 4.68. The minimum Gasteiger partial charge on any atom is -0.490 e. The predicted octanol–water partition coefficient (Wildman–Crippen LogP) is 3.23. The smallest absolute Gasteiger partial charge is 0.230 e. The van der Waals surface area contributed by atoms with Gasteiger partial charge in [-0.3, -0.25) is 14.9 Å². The third kappa shape index (κ3) is 8.41. The van der Waals surface area contributed by atoms with E-state index < -0.39 is 21.9 Å². The van der Waals surface area contributed by atoms with Gasteiger partial charge < -0.3 is 4.74 Å². The highest BCUT2D eigenvalue weighted by atomic mass is 32.2. The summed E-state index contributed by atoms with van der Waals surface area (Å²) in [4.78, 5) is 22.6. The molecule has 1 aliphatic heterocycles. The van der Waals surface area contributed by atoms with Crippen LogP contribution in [-0.2, 0) is 19.6 Å². The van der Waals surface area contributed by atoms with Crippen LogP contribution in [0.25, 0.3) is 0 Å². The number of allylic oxidation sites excluding steroid dienone is 2. The largest absolute Gasteiger partial charge is 0.490 e. The first-order valence-corrected chi connectivity index (χ1v) is 11.9. The molecule has 1 heterocycles. The summed E-state index contributed by atoms with van der Waals surface area (Å²) in [7, 11) is -3.58. The maximum Gasteiger partial charge on any atom is 0.230 e. The van der Waals surface area contributed by atoms with Gasteiger partial charge in [-0.2, -0.15) is 0 Å². The second-order valence-corrected chi connectivity index (χ2v) is 10.9. The normalized spacial score (nSPS) is 18.4. The van der Waals surface area contributed by atoms with Gasteiger partial charge in [-0.25, -0.2) is 17.5 Å². The van der Waals surface area contributed by atoms with Gasteiger partial charge in [0, 0.05) is 12.5 Å². The van der Waals surface area contributed by atoms with E-state index in [4.69, 9.17) is 4.74 Å². The number of nitrogens with one attached hydrogen (secondary N) is 2. The van der Waals surface area contributed by atoms with Crippen LogP contribution in [0.15, 0.2) is 30.4 Å². The van der Waals surface area contributed by atoms with Crippen LogP contribution >= 0.6 is 0 Å². The number of benzene rings is 1. The van der Waals surface area contributed by atoms with Crippen molar-refractivity contribution in [3.63, 3.8) is 0 Å². The van der Waals surface area contributed by atoms with Crippen LogP contribution in [-0.4, -0.2) is 32.6 Å². The van der Waals surface area contributed by atoms with E-state index in [1.54, 1.807) is 19.1 Å². The maximum atomic E-state index is 14.0. The van der Waals surface area contributed by atoms with Gasteiger partial charge in [0.1, 0.15) is 0 Å². The fourth-order valence-electron chi connectivity index (χ4n) is 2.99. The molecule has 0 spiro atoms. The topological polar surface area (TPSA) is 102 Å². The first-order valence-electron chi connectivity index (χ1n) is 10.3. The van der Waals surface area contributed by atoms with Crippen molar-refractivity contribution in [1.29, 1.82) is 0 Å². The lowest BCUT2D eigenvalue weighted by Crippen LogP contribution is -2.29. The second kappa shape index (κ2) is 10.4. The van der Waals surface area contributed by atoms with Crippen LogP contribution in [0.1, 0.15) is 58.6 Å². The van der Waals surface area contributed by atoms with Crippen molar-refractivity contribution >= 4 is 21.8 Å². The second-order valence-electron chi connectivity index (χ2n) is 9.01. The SMILES string of the molecule is C[C@@H](NS(=O)(=O)CC/C=C/CC1CC(=O)NC1=O)c1ccc(F)c(OCC(C)(C)C)c1. The molecule has 1 fully saturated rings. The zero-order chi connectivity index (χ0) is 23.2. The molecule has 1 aromatic carbocycles. The predicted molar refractivity (Wildman–Crippen MR) is 116 cm³/mol. The number of ether oxygens (including phenoxy) is 1. The summed E-state index contributed by atoms with van der Waals surface area (Å²) in [6.45, 7) is 7.94. The van der Waals surface area contributed by atoms with Crippen molar-refractivity contribution in [1.82, 2.24) is 10.0 Å². The fraction of sp³-hybridized carbons (Fsp3) is 0.545. The molecule has 7 nitrogen and oxygen atoms in total. The van der Waals surface area contributed by atoms with E-state index in [1.807, 2.05) is 20.8 Å². The van der Waals surface area contributed by atoms with E-state index in [-0.39, 0.29) is 47.5 Å². The van der Waals surface area contributed by atoms with Gasteiger partial charge in [-0.1, -0.05) is 39.0 Å². The van der Waals surface area contributed by atoms with Crippen molar-refractivity contribution in [2.75, 3.05) is 12.4 Å². The van der Waals surface area contributed by atoms with Crippen LogP contribution in [0.3, 0.4) is 0 Å². The summed E-state index contributed by atoms with van der Waals surface area (Å²) in [6, 6.07) is 3.76. The van der Waals surface area contributed by atoms with Crippen molar-refractivity contribution in [3.8, 4) is 5.75 Å². The summed E-state index contributed by atoms with van der Waals surface area (Å²) in [6.07, 6.45) is 4.25. The fourth-order valence-corrected chi connectivity index (χ4v) is 4.23. The molecular formula is C22H31FN2O5S. The average molecular weight is 455 g/mol. The number of imide groups is 1. The lowest BCUT2D eigenvalue weighted by Gasteiger charge is -2.20. The van der Waals surface area contributed by atoms with E-state index >= 15 is 0 Å². The Hall–Kier alpha value is -2.26. The van der Waals surface area contributed by atoms with E-state index in [2.05, 4.69) is 10.0 Å². The number of carbonyl (C=O) groups excluding carboxylic acids is 2. The Labute approximate surface area is 183 Å². The molecular weight excluding hydrogens is 423 g/mol. The molecule has 0 radical (unpaired) electrons. The van der Waals surface area contributed by atoms with Gasteiger partial charge in [-0.05, 0) is 42.9 Å². The minimum atomic E-state index is -3.58. The molecule has 1 saturated heterocycles. The molecule has 1 unspecified atom stereocenters. The maximum absolute atomic E-state index is 14.0. The average Bonchev–Trinajstić information content (AvgIpc) is 2.96. The highest BCUT2D eigenvalue weighted by molar-refractivity contribution is 7.89. The molecule has 31 heavy (non-hydrogen) atoms. The van der Waals surface area contributed by atoms with Crippen molar-refractivity contribution in [3.05, 3.63) is 41.7 Å². The van der Waals surface area contributed by atoms with Gasteiger partial charge in [0.2, 0.25) is 21.8 Å². The standard InChI is InChI=1S/C22H31FN2O5S/c1-15(16-9-10-18(23)19(12-16)30-14-22(2,3)4)25-31(28,29)11-7-5-6-8-17-13-20(26)24-21(17)27/h5-6,9-10,12,15,17,25H,7-8,11,13-14H2,1-4H3,(H,24,26,27)/b6-5+/t15-,17?/m1/s1. The van der Waals surface area contributed by atoms with Crippen molar-refractivity contribution in [2.45, 2.75) is 53.0 Å². The van der Waals surface area contributed by atoms with Gasteiger partial charge in [0.25, 0.3) is 0 Å². The van der Waals surface area contributed by atoms with Crippen LogP contribution in [0.4, 0.5) is 4.39 Å². The van der Waals surface area contributed by atoms with Gasteiger partial charge in [0.15, 0.2) is 11.6 Å². The first-order chi connectivity index (χ1) is 14.4.